The van der Waals surface area contributed by atoms with E-state index >= 15 is 0 Å². The Balaban J connectivity index is 1.65. The molecule has 1 aromatic carbocycles. The molecule has 1 saturated heterocycles. The molecule has 1 unspecified atom stereocenters. The van der Waals surface area contributed by atoms with Gasteiger partial charge in [-0.1, -0.05) is 24.4 Å². The van der Waals surface area contributed by atoms with Gasteiger partial charge in [0.15, 0.2) is 0 Å². The van der Waals surface area contributed by atoms with E-state index in [0.29, 0.717) is 16.6 Å². The van der Waals surface area contributed by atoms with Crippen molar-refractivity contribution in [1.82, 2.24) is 9.80 Å². The first-order valence-electron chi connectivity index (χ1n) is 10.1. The van der Waals surface area contributed by atoms with Gasteiger partial charge in [-0.3, -0.25) is 14.5 Å². The van der Waals surface area contributed by atoms with Crippen molar-refractivity contribution in [1.29, 1.82) is 0 Å². The Bertz CT molecular complexity index is 735. The van der Waals surface area contributed by atoms with Crippen LogP contribution >= 0.6 is 23.2 Å². The standard InChI is InChI=1S/C21H29Cl2N3O2/c1-14-12-25(7-8-26(14)21(28)16-5-3-4-6-16)13-17-9-18(23)10-19(15(17)2)24-20(27)11-22/h9-10,14,16H,3-8,11-13H2,1-2H3,(H,24,27). The fourth-order valence-corrected chi connectivity index (χ4v) is 4.67. The largest absolute Gasteiger partial charge is 0.337 e. The van der Waals surface area contributed by atoms with Crippen LogP contribution in [0.1, 0.15) is 43.7 Å². The highest BCUT2D eigenvalue weighted by molar-refractivity contribution is 6.31. The highest BCUT2D eigenvalue weighted by Crippen LogP contribution is 2.29. The smallest absolute Gasteiger partial charge is 0.239 e. The molecule has 28 heavy (non-hydrogen) atoms. The fourth-order valence-electron chi connectivity index (χ4n) is 4.37. The fraction of sp³-hybridized carbons (Fsp3) is 0.619. The van der Waals surface area contributed by atoms with Crippen LogP contribution in [0.5, 0.6) is 0 Å². The second-order valence-electron chi connectivity index (χ2n) is 8.02. The zero-order valence-electron chi connectivity index (χ0n) is 16.6. The lowest BCUT2D eigenvalue weighted by atomic mass is 10.0. The van der Waals surface area contributed by atoms with Gasteiger partial charge in [0.1, 0.15) is 5.88 Å². The van der Waals surface area contributed by atoms with Gasteiger partial charge in [0, 0.05) is 48.8 Å². The number of nitrogens with zero attached hydrogens (tertiary/aromatic N) is 2. The van der Waals surface area contributed by atoms with Crippen LogP contribution in [-0.2, 0) is 16.1 Å². The third kappa shape index (κ3) is 5.00. The predicted molar refractivity (Wildman–Crippen MR) is 114 cm³/mol. The van der Waals surface area contributed by atoms with E-state index in [2.05, 4.69) is 22.0 Å². The molecule has 1 N–H and O–H groups in total. The highest BCUT2D eigenvalue weighted by atomic mass is 35.5. The van der Waals surface area contributed by atoms with E-state index in [4.69, 9.17) is 23.2 Å². The molecule has 1 aromatic rings. The Kier molecular flexibility index (Phi) is 7.24. The maximum absolute atomic E-state index is 12.8. The molecule has 1 heterocycles. The minimum absolute atomic E-state index is 0.0875. The van der Waals surface area contributed by atoms with Crippen LogP contribution in [-0.4, -0.2) is 53.2 Å². The van der Waals surface area contributed by atoms with Crippen LogP contribution in [0.15, 0.2) is 12.1 Å². The van der Waals surface area contributed by atoms with Crippen LogP contribution < -0.4 is 5.32 Å². The third-order valence-electron chi connectivity index (χ3n) is 5.97. The van der Waals surface area contributed by atoms with E-state index in [0.717, 1.165) is 50.1 Å². The molecule has 5 nitrogen and oxygen atoms in total. The number of carbonyl (C=O) groups is 2. The second-order valence-corrected chi connectivity index (χ2v) is 8.72. The van der Waals surface area contributed by atoms with E-state index < -0.39 is 0 Å². The normalized spacial score (nSPS) is 21.1. The van der Waals surface area contributed by atoms with Crippen LogP contribution in [0.2, 0.25) is 5.02 Å². The Hall–Kier alpha value is -1.30. The summed E-state index contributed by atoms with van der Waals surface area (Å²) in [5.41, 5.74) is 2.79. The van der Waals surface area contributed by atoms with Crippen molar-refractivity contribution in [2.24, 2.45) is 5.92 Å². The number of rotatable bonds is 5. The van der Waals surface area contributed by atoms with Gasteiger partial charge in [-0.25, -0.2) is 0 Å². The molecule has 3 rings (SSSR count). The van der Waals surface area contributed by atoms with Gasteiger partial charge < -0.3 is 10.2 Å². The van der Waals surface area contributed by atoms with Crippen molar-refractivity contribution < 1.29 is 9.59 Å². The molecule has 2 amide bonds. The highest BCUT2D eigenvalue weighted by Gasteiger charge is 2.33. The number of benzene rings is 1. The summed E-state index contributed by atoms with van der Waals surface area (Å²) >= 11 is 11.9. The maximum atomic E-state index is 12.8. The van der Waals surface area contributed by atoms with Gasteiger partial charge in [0.2, 0.25) is 11.8 Å². The average Bonchev–Trinajstić information content (AvgIpc) is 3.19. The summed E-state index contributed by atoms with van der Waals surface area (Å²) in [7, 11) is 0. The Morgan fingerprint density at radius 3 is 2.57 bits per heavy atom. The van der Waals surface area contributed by atoms with Gasteiger partial charge >= 0.3 is 0 Å². The van der Waals surface area contributed by atoms with Gasteiger partial charge in [-0.15, -0.1) is 11.6 Å². The molecule has 1 aliphatic heterocycles. The molecular weight excluding hydrogens is 397 g/mol. The van der Waals surface area contributed by atoms with E-state index in [9.17, 15) is 9.59 Å². The molecule has 1 atom stereocenters. The number of hydrogen-bond donors (Lipinski definition) is 1. The second kappa shape index (κ2) is 9.47. The summed E-state index contributed by atoms with van der Waals surface area (Å²) in [6.07, 6.45) is 4.46. The van der Waals surface area contributed by atoms with Crippen molar-refractivity contribution in [3.63, 3.8) is 0 Å². The van der Waals surface area contributed by atoms with E-state index in [1.54, 1.807) is 6.07 Å². The number of alkyl halides is 1. The maximum Gasteiger partial charge on any atom is 0.239 e. The van der Waals surface area contributed by atoms with Gasteiger partial charge in [-0.05, 0) is 49.9 Å². The first kappa shape index (κ1) is 21.4. The van der Waals surface area contributed by atoms with E-state index in [1.165, 1.54) is 12.8 Å². The summed E-state index contributed by atoms with van der Waals surface area (Å²) in [6.45, 7) is 7.32. The lowest BCUT2D eigenvalue weighted by Crippen LogP contribution is -2.54. The molecule has 7 heteroatoms. The minimum atomic E-state index is -0.245. The number of amides is 2. The Morgan fingerprint density at radius 2 is 1.93 bits per heavy atom. The lowest BCUT2D eigenvalue weighted by Gasteiger charge is -2.41. The number of piperazine rings is 1. The SMILES string of the molecule is Cc1c(CN2CCN(C(=O)C3CCCC3)C(C)C2)cc(Cl)cc1NC(=O)CCl. The van der Waals surface area contributed by atoms with Crippen molar-refractivity contribution in [3.8, 4) is 0 Å². The van der Waals surface area contributed by atoms with Crippen LogP contribution in [0.4, 0.5) is 5.69 Å². The molecule has 2 fully saturated rings. The molecule has 0 radical (unpaired) electrons. The van der Waals surface area contributed by atoms with Crippen LogP contribution in [0.3, 0.4) is 0 Å². The van der Waals surface area contributed by atoms with Crippen LogP contribution in [0, 0.1) is 12.8 Å². The summed E-state index contributed by atoms with van der Waals surface area (Å²) < 4.78 is 0. The van der Waals surface area contributed by atoms with Crippen molar-refractivity contribution >= 4 is 40.7 Å². The molecule has 154 valence electrons. The first-order valence-corrected chi connectivity index (χ1v) is 11.0. The van der Waals surface area contributed by atoms with Gasteiger partial charge in [-0.2, -0.15) is 0 Å². The Labute approximate surface area is 177 Å². The molecule has 1 saturated carbocycles. The first-order chi connectivity index (χ1) is 13.4. The molecule has 2 aliphatic rings. The number of carbonyl (C=O) groups excluding carboxylic acids is 2. The predicted octanol–water partition coefficient (Wildman–Crippen LogP) is 4.05. The molecule has 0 aromatic heterocycles. The lowest BCUT2D eigenvalue weighted by molar-refractivity contribution is -0.140. The quantitative estimate of drug-likeness (QED) is 0.723. The number of anilines is 1. The number of halogens is 2. The molecule has 0 spiro atoms. The third-order valence-corrected chi connectivity index (χ3v) is 6.43. The number of hydrogen-bond acceptors (Lipinski definition) is 3. The summed E-state index contributed by atoms with van der Waals surface area (Å²) in [5.74, 6) is 0.244. The monoisotopic (exact) mass is 425 g/mol. The van der Waals surface area contributed by atoms with Gasteiger partial charge in [0.25, 0.3) is 0 Å². The topological polar surface area (TPSA) is 52.6 Å². The summed E-state index contributed by atoms with van der Waals surface area (Å²) in [6, 6.07) is 3.91. The van der Waals surface area contributed by atoms with Crippen molar-refractivity contribution in [2.75, 3.05) is 30.8 Å². The average molecular weight is 426 g/mol. The molecule has 0 bridgehead atoms. The molecular formula is C21H29Cl2N3O2. The zero-order valence-corrected chi connectivity index (χ0v) is 18.2. The van der Waals surface area contributed by atoms with E-state index in [-0.39, 0.29) is 23.7 Å². The zero-order chi connectivity index (χ0) is 20.3. The minimum Gasteiger partial charge on any atom is -0.337 e. The summed E-state index contributed by atoms with van der Waals surface area (Å²) in [5, 5.41) is 3.40. The van der Waals surface area contributed by atoms with Crippen molar-refractivity contribution in [2.45, 2.75) is 52.1 Å². The number of nitrogens with one attached hydrogen (secondary N) is 1. The van der Waals surface area contributed by atoms with E-state index in [1.807, 2.05) is 13.0 Å². The Morgan fingerprint density at radius 1 is 1.21 bits per heavy atom. The molecule has 1 aliphatic carbocycles. The van der Waals surface area contributed by atoms with Crippen molar-refractivity contribution in [3.05, 3.63) is 28.3 Å². The van der Waals surface area contributed by atoms with Crippen LogP contribution in [0.25, 0.3) is 0 Å². The van der Waals surface area contributed by atoms with Gasteiger partial charge in [0.05, 0.1) is 0 Å². The summed E-state index contributed by atoms with van der Waals surface area (Å²) in [4.78, 5) is 28.9.